The average molecular weight is 655 g/mol. The molecule has 0 aliphatic rings. The first kappa shape index (κ1) is 32.6. The molecule has 0 amide bonds. The summed E-state index contributed by atoms with van der Waals surface area (Å²) < 4.78 is 159. The maximum Gasteiger partial charge on any atom is 0.416 e. The number of hydrogen-bond acceptors (Lipinski definition) is 1. The Morgan fingerprint density at radius 1 is 0.304 bits per heavy atom. The molecular weight excluding hydrogens is 638 g/mol. The molecule has 1 heterocycles. The van der Waals surface area contributed by atoms with E-state index in [0.29, 0.717) is 0 Å². The van der Waals surface area contributed by atoms with E-state index >= 15 is 0 Å². The van der Waals surface area contributed by atoms with Gasteiger partial charge in [-0.15, -0.1) is 0 Å². The van der Waals surface area contributed by atoms with Gasteiger partial charge in [0.25, 0.3) is 0 Å². The highest BCUT2D eigenvalue weighted by atomic mass is 19.4. The van der Waals surface area contributed by atoms with Crippen molar-refractivity contribution in [2.24, 2.45) is 0 Å². The summed E-state index contributed by atoms with van der Waals surface area (Å²) in [6, 6.07) is 16.2. The van der Waals surface area contributed by atoms with Gasteiger partial charge >= 0.3 is 24.7 Å². The number of aromatic nitrogens is 1. The normalized spacial score (nSPS) is 12.8. The summed E-state index contributed by atoms with van der Waals surface area (Å²) in [5.74, 6) is 0. The number of halogens is 12. The molecule has 0 unspecified atom stereocenters. The van der Waals surface area contributed by atoms with Gasteiger partial charge in [-0.05, 0) is 65.7 Å². The van der Waals surface area contributed by atoms with E-state index in [1.807, 2.05) is 0 Å². The summed E-state index contributed by atoms with van der Waals surface area (Å²) in [7, 11) is 0. The Morgan fingerprint density at radius 3 is 0.739 bits per heavy atom. The standard InChI is InChI=1S/C33H17F12N/c34-30(35,36)22-9-1-18(2-10-22)26-17-27(19-3-11-23(12-4-19)31(37,38)39)29(21-7-15-25(16-8-21)33(43,44)45)46-28(26)20-5-13-24(14-6-20)32(40,41)42/h1-17H. The van der Waals surface area contributed by atoms with Crippen molar-refractivity contribution in [2.45, 2.75) is 24.7 Å². The highest BCUT2D eigenvalue weighted by Gasteiger charge is 2.33. The summed E-state index contributed by atoms with van der Waals surface area (Å²) in [6.45, 7) is 0. The summed E-state index contributed by atoms with van der Waals surface area (Å²) in [6.07, 6.45) is -18.8. The fourth-order valence-corrected chi connectivity index (χ4v) is 4.71. The van der Waals surface area contributed by atoms with Crippen molar-refractivity contribution >= 4 is 0 Å². The van der Waals surface area contributed by atoms with E-state index in [1.165, 1.54) is 6.07 Å². The van der Waals surface area contributed by atoms with Crippen LogP contribution in [-0.4, -0.2) is 4.98 Å². The van der Waals surface area contributed by atoms with Crippen LogP contribution >= 0.6 is 0 Å². The molecule has 0 saturated heterocycles. The zero-order chi connectivity index (χ0) is 33.7. The lowest BCUT2D eigenvalue weighted by molar-refractivity contribution is -0.138. The average Bonchev–Trinajstić information content (AvgIpc) is 2.99. The van der Waals surface area contributed by atoms with Gasteiger partial charge in [-0.3, -0.25) is 0 Å². The van der Waals surface area contributed by atoms with Gasteiger partial charge < -0.3 is 0 Å². The first-order valence-electron chi connectivity index (χ1n) is 13.1. The van der Waals surface area contributed by atoms with Crippen LogP contribution in [0.5, 0.6) is 0 Å². The summed E-state index contributed by atoms with van der Waals surface area (Å²) in [4.78, 5) is 4.59. The molecule has 0 bridgehead atoms. The van der Waals surface area contributed by atoms with E-state index in [-0.39, 0.29) is 44.8 Å². The molecule has 0 fully saturated rings. The van der Waals surface area contributed by atoms with Crippen molar-refractivity contribution in [3.8, 4) is 44.8 Å². The van der Waals surface area contributed by atoms with Crippen LogP contribution in [0.3, 0.4) is 0 Å². The van der Waals surface area contributed by atoms with Crippen molar-refractivity contribution < 1.29 is 52.7 Å². The fourth-order valence-electron chi connectivity index (χ4n) is 4.71. The van der Waals surface area contributed by atoms with Gasteiger partial charge in [-0.2, -0.15) is 52.7 Å². The van der Waals surface area contributed by atoms with Crippen molar-refractivity contribution in [3.05, 3.63) is 125 Å². The van der Waals surface area contributed by atoms with E-state index in [4.69, 9.17) is 0 Å². The summed E-state index contributed by atoms with van der Waals surface area (Å²) in [5, 5.41) is 0. The summed E-state index contributed by atoms with van der Waals surface area (Å²) >= 11 is 0. The van der Waals surface area contributed by atoms with Crippen LogP contribution in [0.15, 0.2) is 103 Å². The van der Waals surface area contributed by atoms with E-state index < -0.39 is 47.0 Å². The zero-order valence-electron chi connectivity index (χ0n) is 22.8. The minimum Gasteiger partial charge on any atom is -0.246 e. The molecule has 5 rings (SSSR count). The molecular formula is C33H17F12N. The zero-order valence-corrected chi connectivity index (χ0v) is 22.8. The minimum atomic E-state index is -4.69. The molecule has 13 heteroatoms. The first-order chi connectivity index (χ1) is 21.3. The third kappa shape index (κ3) is 6.87. The third-order valence-electron chi connectivity index (χ3n) is 7.04. The molecule has 4 aromatic carbocycles. The largest absolute Gasteiger partial charge is 0.416 e. The van der Waals surface area contributed by atoms with Gasteiger partial charge in [0.1, 0.15) is 0 Å². The predicted molar refractivity (Wildman–Crippen MR) is 146 cm³/mol. The van der Waals surface area contributed by atoms with Crippen LogP contribution in [-0.2, 0) is 24.7 Å². The van der Waals surface area contributed by atoms with E-state index in [0.717, 1.165) is 97.1 Å². The molecule has 0 radical (unpaired) electrons. The number of pyridine rings is 1. The van der Waals surface area contributed by atoms with Gasteiger partial charge in [0.05, 0.1) is 33.6 Å². The Bertz CT molecular complexity index is 1560. The molecule has 1 aromatic heterocycles. The molecule has 0 N–H and O–H groups in total. The quantitative estimate of drug-likeness (QED) is 0.176. The molecule has 0 saturated carbocycles. The topological polar surface area (TPSA) is 12.9 Å². The summed E-state index contributed by atoms with van der Waals surface area (Å²) in [5.41, 5.74) is -3.48. The molecule has 0 spiro atoms. The first-order valence-corrected chi connectivity index (χ1v) is 13.1. The van der Waals surface area contributed by atoms with Crippen molar-refractivity contribution in [2.75, 3.05) is 0 Å². The number of alkyl halides is 12. The third-order valence-corrected chi connectivity index (χ3v) is 7.04. The van der Waals surface area contributed by atoms with E-state index in [1.54, 1.807) is 0 Å². The maximum atomic E-state index is 13.3. The van der Waals surface area contributed by atoms with Crippen LogP contribution in [0.25, 0.3) is 44.8 Å². The smallest absolute Gasteiger partial charge is 0.246 e. The van der Waals surface area contributed by atoms with E-state index in [9.17, 15) is 52.7 Å². The van der Waals surface area contributed by atoms with Crippen LogP contribution in [0.4, 0.5) is 52.7 Å². The number of rotatable bonds is 4. The van der Waals surface area contributed by atoms with Crippen LogP contribution in [0.2, 0.25) is 0 Å². The second kappa shape index (κ2) is 11.5. The number of nitrogens with zero attached hydrogens (tertiary/aromatic N) is 1. The second-order valence-corrected chi connectivity index (χ2v) is 10.1. The Morgan fingerprint density at radius 2 is 0.522 bits per heavy atom. The SMILES string of the molecule is FC(F)(F)c1ccc(-c2cc(-c3ccc(C(F)(F)F)cc3)c(-c3ccc(C(F)(F)F)cc3)nc2-c2ccc(C(F)(F)F)cc2)cc1. The molecule has 1 nitrogen and oxygen atoms in total. The highest BCUT2D eigenvalue weighted by Crippen LogP contribution is 2.42. The molecule has 0 aliphatic carbocycles. The van der Waals surface area contributed by atoms with Gasteiger partial charge in [0.2, 0.25) is 0 Å². The Balaban J connectivity index is 1.79. The van der Waals surface area contributed by atoms with Crippen LogP contribution in [0, 0.1) is 0 Å². The Hall–Kier alpha value is -4.81. The minimum absolute atomic E-state index is 0.0426. The molecule has 0 aliphatic heterocycles. The molecule has 0 atom stereocenters. The highest BCUT2D eigenvalue weighted by molar-refractivity contribution is 5.91. The monoisotopic (exact) mass is 655 g/mol. The van der Waals surface area contributed by atoms with Crippen molar-refractivity contribution in [3.63, 3.8) is 0 Å². The van der Waals surface area contributed by atoms with Gasteiger partial charge in [-0.1, -0.05) is 48.5 Å². The molecule has 238 valence electrons. The number of benzene rings is 4. The van der Waals surface area contributed by atoms with Gasteiger partial charge in [-0.25, -0.2) is 4.98 Å². The second-order valence-electron chi connectivity index (χ2n) is 10.1. The van der Waals surface area contributed by atoms with Crippen LogP contribution in [0.1, 0.15) is 22.3 Å². The molecule has 46 heavy (non-hydrogen) atoms. The lowest BCUT2D eigenvalue weighted by Crippen LogP contribution is -2.06. The van der Waals surface area contributed by atoms with Gasteiger partial charge in [0, 0.05) is 22.3 Å². The Kier molecular flexibility index (Phi) is 8.16. The Labute approximate surface area is 252 Å². The maximum absolute atomic E-state index is 13.3. The van der Waals surface area contributed by atoms with Crippen molar-refractivity contribution in [1.29, 1.82) is 0 Å². The lowest BCUT2D eigenvalue weighted by Gasteiger charge is -2.18. The predicted octanol–water partition coefficient (Wildman–Crippen LogP) is 11.8. The fraction of sp³-hybridized carbons (Fsp3) is 0.121. The van der Waals surface area contributed by atoms with Crippen molar-refractivity contribution in [1.82, 2.24) is 4.98 Å². The lowest BCUT2D eigenvalue weighted by atomic mass is 9.91. The number of hydrogen-bond donors (Lipinski definition) is 0. The van der Waals surface area contributed by atoms with Gasteiger partial charge in [0.15, 0.2) is 0 Å². The van der Waals surface area contributed by atoms with E-state index in [2.05, 4.69) is 4.98 Å². The van der Waals surface area contributed by atoms with Crippen LogP contribution < -0.4 is 0 Å². The molecule has 5 aromatic rings.